The summed E-state index contributed by atoms with van der Waals surface area (Å²) in [6, 6.07) is 75.9. The van der Waals surface area contributed by atoms with E-state index in [1.807, 2.05) is 0 Å². The summed E-state index contributed by atoms with van der Waals surface area (Å²) in [4.78, 5) is 4.69. The summed E-state index contributed by atoms with van der Waals surface area (Å²) >= 11 is 0. The Kier molecular flexibility index (Phi) is 16.2. The van der Waals surface area contributed by atoms with Gasteiger partial charge in [0.1, 0.15) is 0 Å². The molecule has 0 saturated heterocycles. The maximum atomic E-state index is 2.55. The van der Waals surface area contributed by atoms with E-state index in [9.17, 15) is 0 Å². The van der Waals surface area contributed by atoms with Gasteiger partial charge >= 0.3 is 0 Å². The van der Waals surface area contributed by atoms with Gasteiger partial charge in [0.25, 0.3) is 0 Å². The molecule has 0 saturated carbocycles. The molecule has 9 rings (SSSR count). The molecule has 0 atom stereocenters. The fourth-order valence-corrected chi connectivity index (χ4v) is 11.1. The van der Waals surface area contributed by atoms with E-state index in [1.54, 1.807) is 11.1 Å². The Morgan fingerprint density at radius 1 is 0.290 bits per heavy atom. The molecular formula is C67H72N2. The average Bonchev–Trinajstić information content (AvgIpc) is 3.65. The van der Waals surface area contributed by atoms with Crippen LogP contribution in [0.1, 0.15) is 123 Å². The molecule has 2 heteroatoms. The minimum Gasteiger partial charge on any atom is -0.311 e. The number of benzene rings is 8. The molecule has 0 unspecified atom stereocenters. The third-order valence-electron chi connectivity index (χ3n) is 14.8. The van der Waals surface area contributed by atoms with Crippen LogP contribution >= 0.6 is 0 Å². The predicted molar refractivity (Wildman–Crippen MR) is 296 cm³/mol. The highest BCUT2D eigenvalue weighted by Crippen LogP contribution is 2.54. The lowest BCUT2D eigenvalue weighted by Gasteiger charge is -2.33. The molecule has 2 nitrogen and oxygen atoms in total. The summed E-state index contributed by atoms with van der Waals surface area (Å²) in [6.45, 7) is 4.58. The molecule has 0 radical (unpaired) electrons. The quantitative estimate of drug-likeness (QED) is 0.0558. The number of para-hydroxylation sites is 4. The highest BCUT2D eigenvalue weighted by Gasteiger charge is 2.42. The van der Waals surface area contributed by atoms with E-state index >= 15 is 0 Å². The summed E-state index contributed by atoms with van der Waals surface area (Å²) in [7, 11) is 0. The van der Waals surface area contributed by atoms with Gasteiger partial charge in [0.15, 0.2) is 0 Å². The van der Waals surface area contributed by atoms with E-state index in [1.165, 1.54) is 157 Å². The fraction of sp³-hybridized carbons (Fsp3) is 0.284. The summed E-state index contributed by atoms with van der Waals surface area (Å²) in [5, 5.41) is 0. The van der Waals surface area contributed by atoms with Crippen LogP contribution in [0, 0.1) is 13.8 Å². The number of anilines is 6. The minimum absolute atomic E-state index is 0.119. The zero-order chi connectivity index (χ0) is 47.1. The second-order valence-electron chi connectivity index (χ2n) is 19.8. The Bertz CT molecular complexity index is 2500. The average molecular weight is 905 g/mol. The Morgan fingerprint density at radius 3 is 0.913 bits per heavy atom. The van der Waals surface area contributed by atoms with Crippen LogP contribution in [0.15, 0.2) is 206 Å². The molecule has 0 amide bonds. The molecule has 0 fully saturated rings. The van der Waals surface area contributed by atoms with Crippen molar-refractivity contribution in [3.63, 3.8) is 0 Å². The van der Waals surface area contributed by atoms with Crippen LogP contribution < -0.4 is 9.80 Å². The molecule has 350 valence electrons. The zero-order valence-corrected chi connectivity index (χ0v) is 41.3. The van der Waals surface area contributed by atoms with Gasteiger partial charge < -0.3 is 9.80 Å². The predicted octanol–water partition coefficient (Wildman–Crippen LogP) is 19.5. The fourth-order valence-electron chi connectivity index (χ4n) is 11.1. The molecule has 0 spiro atoms. The number of hydrogen-bond donors (Lipinski definition) is 0. The number of fused-ring (bicyclic) bond motifs is 3. The van der Waals surface area contributed by atoms with Crippen molar-refractivity contribution in [3.8, 4) is 11.1 Å². The van der Waals surface area contributed by atoms with Crippen molar-refractivity contribution < 1.29 is 0 Å². The molecule has 8 aromatic rings. The maximum absolute atomic E-state index is 2.55. The smallest absolute Gasteiger partial charge is 0.0461 e. The lowest BCUT2D eigenvalue weighted by Crippen LogP contribution is -2.25. The Balaban J connectivity index is 0.741. The highest BCUT2D eigenvalue weighted by atomic mass is 15.1. The summed E-state index contributed by atoms with van der Waals surface area (Å²) < 4.78 is 0. The molecule has 0 heterocycles. The van der Waals surface area contributed by atoms with Crippen LogP contribution in [0.2, 0.25) is 0 Å². The lowest BCUT2D eigenvalue weighted by atomic mass is 9.70. The second kappa shape index (κ2) is 23.6. The van der Waals surface area contributed by atoms with Crippen molar-refractivity contribution in [2.45, 2.75) is 122 Å². The van der Waals surface area contributed by atoms with Gasteiger partial charge in [0.2, 0.25) is 0 Å². The molecule has 69 heavy (non-hydrogen) atoms. The molecule has 0 aromatic heterocycles. The van der Waals surface area contributed by atoms with Crippen molar-refractivity contribution in [1.29, 1.82) is 0 Å². The van der Waals surface area contributed by atoms with Gasteiger partial charge in [0.05, 0.1) is 0 Å². The third-order valence-corrected chi connectivity index (χ3v) is 14.8. The zero-order valence-electron chi connectivity index (χ0n) is 41.3. The van der Waals surface area contributed by atoms with Crippen LogP contribution in [-0.4, -0.2) is 0 Å². The largest absolute Gasteiger partial charge is 0.311 e. The van der Waals surface area contributed by atoms with Gasteiger partial charge in [-0.2, -0.15) is 0 Å². The van der Waals surface area contributed by atoms with Crippen molar-refractivity contribution in [2.24, 2.45) is 0 Å². The third kappa shape index (κ3) is 11.8. The Morgan fingerprint density at radius 2 is 0.580 bits per heavy atom. The molecule has 0 aliphatic heterocycles. The normalized spacial score (nSPS) is 12.4. The first-order valence-corrected chi connectivity index (χ1v) is 26.3. The van der Waals surface area contributed by atoms with E-state index in [0.717, 1.165) is 12.8 Å². The van der Waals surface area contributed by atoms with Gasteiger partial charge in [-0.05, 0) is 159 Å². The monoisotopic (exact) mass is 905 g/mol. The summed E-state index contributed by atoms with van der Waals surface area (Å²) in [6.07, 6.45) is 20.4. The van der Waals surface area contributed by atoms with Gasteiger partial charge in [-0.3, -0.25) is 0 Å². The van der Waals surface area contributed by atoms with Crippen LogP contribution in [-0.2, 0) is 18.3 Å². The van der Waals surface area contributed by atoms with E-state index in [4.69, 9.17) is 0 Å². The molecule has 0 N–H and O–H groups in total. The molecule has 8 aromatic carbocycles. The lowest BCUT2D eigenvalue weighted by molar-refractivity contribution is 0.397. The van der Waals surface area contributed by atoms with Gasteiger partial charge in [-0.15, -0.1) is 0 Å². The highest BCUT2D eigenvalue weighted by molar-refractivity contribution is 5.82. The van der Waals surface area contributed by atoms with Gasteiger partial charge in [0, 0.05) is 39.5 Å². The van der Waals surface area contributed by atoms with E-state index in [-0.39, 0.29) is 5.41 Å². The van der Waals surface area contributed by atoms with Crippen molar-refractivity contribution >= 4 is 34.1 Å². The second-order valence-corrected chi connectivity index (χ2v) is 19.8. The van der Waals surface area contributed by atoms with Crippen LogP contribution in [0.5, 0.6) is 0 Å². The number of rotatable bonds is 24. The topological polar surface area (TPSA) is 6.48 Å². The van der Waals surface area contributed by atoms with Gasteiger partial charge in [-0.1, -0.05) is 209 Å². The number of nitrogens with zero attached hydrogens (tertiary/aromatic N) is 2. The minimum atomic E-state index is 0.119. The van der Waals surface area contributed by atoms with Crippen molar-refractivity contribution in [1.82, 2.24) is 0 Å². The number of unbranched alkanes of at least 4 members (excludes halogenated alkanes) is 10. The number of aryl methyl sites for hydroxylation is 4. The Labute approximate surface area is 414 Å². The van der Waals surface area contributed by atoms with Crippen LogP contribution in [0.25, 0.3) is 11.1 Å². The standard InChI is InChI=1S/C67H72N2/c1-53-37-47-63-64-48-38-54(2)52-66(64)67(65(63)51-53,49-25-9-5-3-7-15-27-55-39-43-61(44-40-55)68(57-29-17-11-18-30-57)58-31-19-12-20-32-58)50-26-10-6-4-8-16-28-56-41-45-62(46-42-56)69(59-33-21-13-22-34-59)60-35-23-14-24-36-60/h11-14,17-24,29-48,51-52H,3-10,15-16,25-28,49-50H2,1-2H3. The summed E-state index contributed by atoms with van der Waals surface area (Å²) in [5.41, 5.74) is 19.1. The first kappa shape index (κ1) is 47.4. The molecular weight excluding hydrogens is 833 g/mol. The molecule has 1 aliphatic carbocycles. The number of hydrogen-bond acceptors (Lipinski definition) is 2. The van der Waals surface area contributed by atoms with Crippen molar-refractivity contribution in [2.75, 3.05) is 9.80 Å². The first-order valence-electron chi connectivity index (χ1n) is 26.3. The van der Waals surface area contributed by atoms with E-state index < -0.39 is 0 Å². The van der Waals surface area contributed by atoms with Crippen LogP contribution in [0.3, 0.4) is 0 Å². The van der Waals surface area contributed by atoms with E-state index in [2.05, 4.69) is 230 Å². The molecule has 0 bridgehead atoms. The van der Waals surface area contributed by atoms with Crippen LogP contribution in [0.4, 0.5) is 34.1 Å². The SMILES string of the molecule is Cc1ccc2c(c1)C(CCCCCCCCc1ccc(N(c3ccccc3)c3ccccc3)cc1)(CCCCCCCCc1ccc(N(c3ccccc3)c3ccccc3)cc1)c1cc(C)ccc1-2. The molecule has 1 aliphatic rings. The van der Waals surface area contributed by atoms with Crippen molar-refractivity contribution in [3.05, 3.63) is 240 Å². The first-order chi connectivity index (χ1) is 34.1. The maximum Gasteiger partial charge on any atom is 0.0461 e. The van der Waals surface area contributed by atoms with Gasteiger partial charge in [-0.25, -0.2) is 0 Å². The Hall–Kier alpha value is -6.64. The summed E-state index contributed by atoms with van der Waals surface area (Å²) in [5.74, 6) is 0. The van der Waals surface area contributed by atoms with E-state index in [0.29, 0.717) is 0 Å².